The van der Waals surface area contributed by atoms with Gasteiger partial charge in [0.05, 0.1) is 17.9 Å². The van der Waals surface area contributed by atoms with E-state index in [4.69, 9.17) is 14.2 Å². The summed E-state index contributed by atoms with van der Waals surface area (Å²) in [6.07, 6.45) is 1.60. The molecule has 26 heavy (non-hydrogen) atoms. The molecule has 0 atom stereocenters. The minimum absolute atomic E-state index is 0.197. The molecule has 0 spiro atoms. The Hall–Kier alpha value is -2.93. The average Bonchev–Trinajstić information content (AvgIpc) is 3.26. The fraction of sp³-hybridized carbons (Fsp3) is 0.211. The van der Waals surface area contributed by atoms with E-state index in [0.717, 1.165) is 4.88 Å². The lowest BCUT2D eigenvalue weighted by Crippen LogP contribution is -2.15. The van der Waals surface area contributed by atoms with E-state index in [1.165, 1.54) is 18.4 Å². The van der Waals surface area contributed by atoms with Crippen LogP contribution in [0.5, 0.6) is 11.5 Å². The van der Waals surface area contributed by atoms with E-state index < -0.39 is 5.97 Å². The first-order chi connectivity index (χ1) is 12.5. The van der Waals surface area contributed by atoms with Crippen LogP contribution in [0.2, 0.25) is 0 Å². The van der Waals surface area contributed by atoms with Crippen LogP contribution in [0, 0.1) is 5.92 Å². The van der Waals surface area contributed by atoms with Crippen LogP contribution >= 0.6 is 11.3 Å². The van der Waals surface area contributed by atoms with Crippen LogP contribution in [0.1, 0.15) is 24.3 Å². The Balaban J connectivity index is 1.87. The van der Waals surface area contributed by atoms with Gasteiger partial charge in [-0.25, -0.2) is 9.79 Å². The first-order valence-corrected chi connectivity index (χ1v) is 8.82. The van der Waals surface area contributed by atoms with Crippen molar-refractivity contribution in [1.29, 1.82) is 0 Å². The number of carbonyl (C=O) groups excluding carboxylic acids is 2. The third-order valence-corrected chi connectivity index (χ3v) is 4.38. The third-order valence-electron chi connectivity index (χ3n) is 3.53. The van der Waals surface area contributed by atoms with Crippen molar-refractivity contribution in [1.82, 2.24) is 0 Å². The molecule has 0 aliphatic carbocycles. The lowest BCUT2D eigenvalue weighted by molar-refractivity contribution is -0.137. The minimum atomic E-state index is -0.511. The molecule has 2 heterocycles. The monoisotopic (exact) mass is 371 g/mol. The second-order valence-electron chi connectivity index (χ2n) is 5.80. The highest BCUT2D eigenvalue weighted by molar-refractivity contribution is 7.12. The summed E-state index contributed by atoms with van der Waals surface area (Å²) in [4.78, 5) is 28.8. The summed E-state index contributed by atoms with van der Waals surface area (Å²) in [5, 5.41) is 1.88. The van der Waals surface area contributed by atoms with E-state index in [9.17, 15) is 9.59 Å². The molecule has 6 nitrogen and oxygen atoms in total. The Labute approximate surface area is 154 Å². The van der Waals surface area contributed by atoms with Crippen molar-refractivity contribution >= 4 is 35.2 Å². The van der Waals surface area contributed by atoms with Gasteiger partial charge in [0.2, 0.25) is 5.90 Å². The van der Waals surface area contributed by atoms with Crippen LogP contribution in [0.3, 0.4) is 0 Å². The number of esters is 2. The fourth-order valence-corrected chi connectivity index (χ4v) is 2.81. The third kappa shape index (κ3) is 3.83. The van der Waals surface area contributed by atoms with Crippen LogP contribution in [0.15, 0.2) is 46.4 Å². The van der Waals surface area contributed by atoms with Gasteiger partial charge in [-0.1, -0.05) is 26.0 Å². The normalized spacial score (nSPS) is 15.2. The number of methoxy groups -OCH3 is 1. The SMILES string of the molecule is COc1cc(C=C2N=C(c3cccs3)OC2=O)ccc1OC(=O)C(C)C. The van der Waals surface area contributed by atoms with E-state index in [-0.39, 0.29) is 17.6 Å². The van der Waals surface area contributed by atoms with Gasteiger partial charge in [0.25, 0.3) is 0 Å². The summed E-state index contributed by atoms with van der Waals surface area (Å²) in [7, 11) is 1.48. The molecule has 0 N–H and O–H groups in total. The van der Waals surface area contributed by atoms with E-state index in [0.29, 0.717) is 23.0 Å². The maximum atomic E-state index is 12.0. The summed E-state index contributed by atoms with van der Waals surface area (Å²) in [6.45, 7) is 3.50. The van der Waals surface area contributed by atoms with Crippen molar-refractivity contribution in [2.24, 2.45) is 10.9 Å². The van der Waals surface area contributed by atoms with Crippen LogP contribution in [0.4, 0.5) is 0 Å². The molecule has 0 saturated carbocycles. The number of cyclic esters (lactones) is 1. The average molecular weight is 371 g/mol. The van der Waals surface area contributed by atoms with Crippen LogP contribution in [-0.4, -0.2) is 24.9 Å². The van der Waals surface area contributed by atoms with Gasteiger partial charge in [0.1, 0.15) is 0 Å². The van der Waals surface area contributed by atoms with Crippen molar-refractivity contribution in [3.05, 3.63) is 51.8 Å². The molecule has 0 radical (unpaired) electrons. The number of hydrogen-bond acceptors (Lipinski definition) is 7. The quantitative estimate of drug-likeness (QED) is 0.455. The first-order valence-electron chi connectivity index (χ1n) is 7.94. The standard InChI is InChI=1S/C19H17NO5S/c1-11(2)18(21)24-14-7-6-12(10-15(14)23-3)9-13-19(22)25-17(20-13)16-5-4-8-26-16/h4-11H,1-3H3. The Morgan fingerprint density at radius 2 is 2.08 bits per heavy atom. The molecule has 2 aromatic rings. The summed E-state index contributed by atoms with van der Waals surface area (Å²) in [5.74, 6) is -0.0978. The zero-order valence-corrected chi connectivity index (χ0v) is 15.3. The lowest BCUT2D eigenvalue weighted by Gasteiger charge is -2.11. The molecule has 7 heteroatoms. The van der Waals surface area contributed by atoms with Crippen molar-refractivity contribution in [3.8, 4) is 11.5 Å². The highest BCUT2D eigenvalue weighted by Gasteiger charge is 2.25. The van der Waals surface area contributed by atoms with E-state index in [1.807, 2.05) is 17.5 Å². The van der Waals surface area contributed by atoms with Gasteiger partial charge in [0.15, 0.2) is 17.2 Å². The number of rotatable bonds is 5. The van der Waals surface area contributed by atoms with Crippen LogP contribution in [0.25, 0.3) is 6.08 Å². The Kier molecular flexibility index (Phi) is 5.18. The van der Waals surface area contributed by atoms with Gasteiger partial charge in [-0.15, -0.1) is 11.3 Å². The highest BCUT2D eigenvalue weighted by Crippen LogP contribution is 2.30. The van der Waals surface area contributed by atoms with Crippen molar-refractivity contribution < 1.29 is 23.8 Å². The lowest BCUT2D eigenvalue weighted by atomic mass is 10.1. The predicted octanol–water partition coefficient (Wildman–Crippen LogP) is 3.66. The second kappa shape index (κ2) is 7.53. The molecule has 1 aliphatic rings. The smallest absolute Gasteiger partial charge is 0.363 e. The molecule has 3 rings (SSSR count). The topological polar surface area (TPSA) is 74.2 Å². The number of thiophene rings is 1. The summed E-state index contributed by atoms with van der Waals surface area (Å²) in [6, 6.07) is 8.70. The van der Waals surface area contributed by atoms with E-state index in [1.54, 1.807) is 38.1 Å². The summed E-state index contributed by atoms with van der Waals surface area (Å²) < 4.78 is 15.8. The first kappa shape index (κ1) is 17.9. The number of ether oxygens (including phenoxy) is 3. The molecule has 0 saturated heterocycles. The molecule has 1 aromatic heterocycles. The molecule has 0 fully saturated rings. The zero-order chi connectivity index (χ0) is 18.7. The molecular formula is C19H17NO5S. The van der Waals surface area contributed by atoms with Gasteiger partial charge in [-0.05, 0) is 35.2 Å². The van der Waals surface area contributed by atoms with Crippen molar-refractivity contribution in [3.63, 3.8) is 0 Å². The number of nitrogens with zero attached hydrogens (tertiary/aromatic N) is 1. The van der Waals surface area contributed by atoms with Crippen molar-refractivity contribution in [2.75, 3.05) is 7.11 Å². The van der Waals surface area contributed by atoms with E-state index in [2.05, 4.69) is 4.99 Å². The van der Waals surface area contributed by atoms with Crippen LogP contribution in [-0.2, 0) is 14.3 Å². The maximum Gasteiger partial charge on any atom is 0.363 e. The Bertz CT molecular complexity index is 897. The summed E-state index contributed by atoms with van der Waals surface area (Å²) >= 11 is 1.44. The van der Waals surface area contributed by atoms with Gasteiger partial charge < -0.3 is 14.2 Å². The maximum absolute atomic E-state index is 12.0. The molecule has 1 aromatic carbocycles. The minimum Gasteiger partial charge on any atom is -0.493 e. The molecule has 0 bridgehead atoms. The zero-order valence-electron chi connectivity index (χ0n) is 14.5. The van der Waals surface area contributed by atoms with Gasteiger partial charge in [0, 0.05) is 0 Å². The highest BCUT2D eigenvalue weighted by atomic mass is 32.1. The Morgan fingerprint density at radius 3 is 2.73 bits per heavy atom. The van der Waals surface area contributed by atoms with E-state index >= 15 is 0 Å². The fourth-order valence-electron chi connectivity index (χ4n) is 2.16. The molecule has 0 amide bonds. The van der Waals surface area contributed by atoms with Gasteiger partial charge in [-0.3, -0.25) is 4.79 Å². The second-order valence-corrected chi connectivity index (χ2v) is 6.75. The number of hydrogen-bond donors (Lipinski definition) is 0. The molecule has 134 valence electrons. The summed E-state index contributed by atoms with van der Waals surface area (Å²) in [5.41, 5.74) is 0.872. The predicted molar refractivity (Wildman–Crippen MR) is 98.4 cm³/mol. The Morgan fingerprint density at radius 1 is 1.27 bits per heavy atom. The molecular weight excluding hydrogens is 354 g/mol. The molecule has 1 aliphatic heterocycles. The van der Waals surface area contributed by atoms with Gasteiger partial charge in [-0.2, -0.15) is 0 Å². The van der Waals surface area contributed by atoms with Crippen molar-refractivity contribution in [2.45, 2.75) is 13.8 Å². The largest absolute Gasteiger partial charge is 0.493 e. The number of benzene rings is 1. The molecule has 0 unspecified atom stereocenters. The number of aliphatic imine (C=N–C) groups is 1. The van der Waals surface area contributed by atoms with Gasteiger partial charge >= 0.3 is 11.9 Å². The van der Waals surface area contributed by atoms with Crippen LogP contribution < -0.4 is 9.47 Å². The number of carbonyl (C=O) groups is 2.